The molecule has 20 heavy (non-hydrogen) atoms. The summed E-state index contributed by atoms with van der Waals surface area (Å²) in [5, 5.41) is 20.6. The number of aliphatic carboxylic acids is 1. The molecule has 0 saturated heterocycles. The Labute approximate surface area is 126 Å². The van der Waals surface area contributed by atoms with E-state index in [1.54, 1.807) is 6.92 Å². The highest BCUT2D eigenvalue weighted by Crippen LogP contribution is 2.38. The Morgan fingerprint density at radius 2 is 1.90 bits per heavy atom. The number of likely N-dealkylation sites (N-methyl/N-ethyl adjacent to an activating group) is 1. The van der Waals surface area contributed by atoms with E-state index in [4.69, 9.17) is 23.2 Å². The fourth-order valence-corrected chi connectivity index (χ4v) is 2.19. The number of benzene rings is 1. The first kappa shape index (κ1) is 16.5. The summed E-state index contributed by atoms with van der Waals surface area (Å²) in [5.74, 6) is -1.10. The molecule has 0 aliphatic carbocycles. The number of rotatable bonds is 5. The number of carbonyl (C=O) groups is 1. The molecular weight excluding hydrogens is 307 g/mol. The Kier molecular flexibility index (Phi) is 4.83. The van der Waals surface area contributed by atoms with E-state index in [1.165, 1.54) is 24.8 Å². The molecule has 0 atom stereocenters. The van der Waals surface area contributed by atoms with Gasteiger partial charge in [0.1, 0.15) is 11.2 Å². The van der Waals surface area contributed by atoms with E-state index in [0.717, 1.165) is 6.07 Å². The minimum absolute atomic E-state index is 0.0475. The second-order valence-corrected chi connectivity index (χ2v) is 5.43. The van der Waals surface area contributed by atoms with Crippen LogP contribution in [0.2, 0.25) is 10.0 Å². The second-order valence-electron chi connectivity index (χ2n) is 4.62. The lowest BCUT2D eigenvalue weighted by Crippen LogP contribution is -2.50. The standard InChI is InChI=1S/C12H14Cl2N2O4/c1-4-15(12(2,3)11(17)18)9-5-7(13)8(14)6-10(9)16(19)20/h5-6H,4H2,1-3H3,(H,17,18). The maximum atomic E-state index is 11.4. The molecule has 0 heterocycles. The van der Waals surface area contributed by atoms with Crippen molar-refractivity contribution in [2.75, 3.05) is 11.4 Å². The summed E-state index contributed by atoms with van der Waals surface area (Å²) in [4.78, 5) is 23.3. The Hall–Kier alpha value is -1.53. The van der Waals surface area contributed by atoms with Crippen LogP contribution < -0.4 is 4.90 Å². The van der Waals surface area contributed by atoms with E-state index >= 15 is 0 Å². The van der Waals surface area contributed by atoms with Crippen LogP contribution in [0.4, 0.5) is 11.4 Å². The molecule has 0 aliphatic heterocycles. The Balaban J connectivity index is 3.53. The quantitative estimate of drug-likeness (QED) is 0.662. The molecular formula is C12H14Cl2N2O4. The zero-order chi connectivity index (χ0) is 15.7. The van der Waals surface area contributed by atoms with Gasteiger partial charge in [0.2, 0.25) is 0 Å². The third-order valence-electron chi connectivity index (χ3n) is 3.02. The molecule has 0 radical (unpaired) electrons. The molecule has 0 spiro atoms. The number of nitro benzene ring substituents is 1. The third kappa shape index (κ3) is 2.96. The summed E-state index contributed by atoms with van der Waals surface area (Å²) >= 11 is 11.7. The van der Waals surface area contributed by atoms with Crippen LogP contribution in [0.5, 0.6) is 0 Å². The van der Waals surface area contributed by atoms with Gasteiger partial charge in [-0.3, -0.25) is 10.1 Å². The first-order chi connectivity index (χ1) is 9.12. The lowest BCUT2D eigenvalue weighted by molar-refractivity contribution is -0.384. The van der Waals surface area contributed by atoms with E-state index in [0.29, 0.717) is 0 Å². The Morgan fingerprint density at radius 1 is 1.40 bits per heavy atom. The number of hydrogen-bond donors (Lipinski definition) is 1. The van der Waals surface area contributed by atoms with Crippen molar-refractivity contribution >= 4 is 40.5 Å². The zero-order valence-electron chi connectivity index (χ0n) is 11.2. The predicted octanol–water partition coefficient (Wildman–Crippen LogP) is 3.59. The molecule has 1 aromatic carbocycles. The van der Waals surface area contributed by atoms with Gasteiger partial charge in [-0.25, -0.2) is 4.79 Å². The third-order valence-corrected chi connectivity index (χ3v) is 3.74. The van der Waals surface area contributed by atoms with Crippen molar-refractivity contribution in [3.05, 3.63) is 32.3 Å². The van der Waals surface area contributed by atoms with Crippen LogP contribution in [-0.2, 0) is 4.79 Å². The van der Waals surface area contributed by atoms with Crippen LogP contribution in [0, 0.1) is 10.1 Å². The second kappa shape index (κ2) is 5.85. The lowest BCUT2D eigenvalue weighted by atomic mass is 10.0. The number of nitrogens with zero attached hydrogens (tertiary/aromatic N) is 2. The number of nitro groups is 1. The molecule has 110 valence electrons. The SMILES string of the molecule is CCN(c1cc(Cl)c(Cl)cc1[N+](=O)[O-])C(C)(C)C(=O)O. The molecule has 1 aromatic rings. The highest BCUT2D eigenvalue weighted by atomic mass is 35.5. The van der Waals surface area contributed by atoms with Gasteiger partial charge in [0.25, 0.3) is 5.69 Å². The van der Waals surface area contributed by atoms with Gasteiger partial charge < -0.3 is 10.0 Å². The van der Waals surface area contributed by atoms with Crippen molar-refractivity contribution in [2.24, 2.45) is 0 Å². The van der Waals surface area contributed by atoms with E-state index in [2.05, 4.69) is 0 Å². The maximum absolute atomic E-state index is 11.4. The molecule has 0 aliphatic rings. The molecule has 0 unspecified atom stereocenters. The molecule has 0 bridgehead atoms. The topological polar surface area (TPSA) is 83.7 Å². The van der Waals surface area contributed by atoms with Crippen LogP contribution in [0.25, 0.3) is 0 Å². The highest BCUT2D eigenvalue weighted by Gasteiger charge is 2.37. The van der Waals surface area contributed by atoms with E-state index in [9.17, 15) is 20.0 Å². The molecule has 0 aromatic heterocycles. The van der Waals surface area contributed by atoms with Crippen molar-refractivity contribution in [1.82, 2.24) is 0 Å². The van der Waals surface area contributed by atoms with Crippen molar-refractivity contribution in [3.8, 4) is 0 Å². The van der Waals surface area contributed by atoms with Gasteiger partial charge in [-0.1, -0.05) is 23.2 Å². The number of carboxylic acids is 1. The monoisotopic (exact) mass is 320 g/mol. The van der Waals surface area contributed by atoms with Gasteiger partial charge in [-0.15, -0.1) is 0 Å². The van der Waals surface area contributed by atoms with Crippen molar-refractivity contribution in [2.45, 2.75) is 26.3 Å². The largest absolute Gasteiger partial charge is 0.480 e. The van der Waals surface area contributed by atoms with Gasteiger partial charge in [0.15, 0.2) is 0 Å². The van der Waals surface area contributed by atoms with Gasteiger partial charge in [0.05, 0.1) is 15.0 Å². The average molecular weight is 321 g/mol. The van der Waals surface area contributed by atoms with Crippen LogP contribution in [-0.4, -0.2) is 28.1 Å². The van der Waals surface area contributed by atoms with Crippen LogP contribution >= 0.6 is 23.2 Å². The molecule has 0 fully saturated rings. The number of carboxylic acid groups (broad SMARTS) is 1. The smallest absolute Gasteiger partial charge is 0.328 e. The molecule has 1 rings (SSSR count). The van der Waals surface area contributed by atoms with Gasteiger partial charge in [-0.2, -0.15) is 0 Å². The first-order valence-corrected chi connectivity index (χ1v) is 6.53. The fraction of sp³-hybridized carbons (Fsp3) is 0.417. The van der Waals surface area contributed by atoms with Crippen molar-refractivity contribution in [3.63, 3.8) is 0 Å². The van der Waals surface area contributed by atoms with E-state index in [-0.39, 0.29) is 28.0 Å². The lowest BCUT2D eigenvalue weighted by Gasteiger charge is -2.35. The summed E-state index contributed by atoms with van der Waals surface area (Å²) in [5.41, 5.74) is -1.48. The average Bonchev–Trinajstić information content (AvgIpc) is 2.33. The van der Waals surface area contributed by atoms with Crippen LogP contribution in [0.3, 0.4) is 0 Å². The summed E-state index contributed by atoms with van der Waals surface area (Å²) in [7, 11) is 0. The van der Waals surface area contributed by atoms with Crippen molar-refractivity contribution in [1.29, 1.82) is 0 Å². The Morgan fingerprint density at radius 3 is 2.30 bits per heavy atom. The maximum Gasteiger partial charge on any atom is 0.328 e. The normalized spacial score (nSPS) is 11.2. The molecule has 0 amide bonds. The number of anilines is 1. The highest BCUT2D eigenvalue weighted by molar-refractivity contribution is 6.42. The van der Waals surface area contributed by atoms with Gasteiger partial charge in [0, 0.05) is 12.6 Å². The number of halogens is 2. The van der Waals surface area contributed by atoms with E-state index in [1.807, 2.05) is 0 Å². The zero-order valence-corrected chi connectivity index (χ0v) is 12.7. The summed E-state index contributed by atoms with van der Waals surface area (Å²) < 4.78 is 0. The molecule has 1 N–H and O–H groups in total. The van der Waals surface area contributed by atoms with Gasteiger partial charge in [-0.05, 0) is 26.8 Å². The predicted molar refractivity (Wildman–Crippen MR) is 77.9 cm³/mol. The van der Waals surface area contributed by atoms with E-state index < -0.39 is 16.4 Å². The fourth-order valence-electron chi connectivity index (χ4n) is 1.87. The molecule has 0 saturated carbocycles. The minimum atomic E-state index is -1.32. The Bertz CT molecular complexity index is 561. The summed E-state index contributed by atoms with van der Waals surface area (Å²) in [6.07, 6.45) is 0. The van der Waals surface area contributed by atoms with Crippen molar-refractivity contribution < 1.29 is 14.8 Å². The summed E-state index contributed by atoms with van der Waals surface area (Å²) in [6.45, 7) is 4.89. The van der Waals surface area contributed by atoms with Crippen LogP contribution in [0.15, 0.2) is 12.1 Å². The van der Waals surface area contributed by atoms with Gasteiger partial charge >= 0.3 is 5.97 Å². The molecule has 6 nitrogen and oxygen atoms in total. The first-order valence-electron chi connectivity index (χ1n) is 5.77. The number of hydrogen-bond acceptors (Lipinski definition) is 4. The van der Waals surface area contributed by atoms with Crippen LogP contribution in [0.1, 0.15) is 20.8 Å². The minimum Gasteiger partial charge on any atom is -0.480 e. The molecule has 8 heteroatoms. The summed E-state index contributed by atoms with van der Waals surface area (Å²) in [6, 6.07) is 2.44.